The van der Waals surface area contributed by atoms with Crippen LogP contribution in [0.5, 0.6) is 0 Å². The van der Waals surface area contributed by atoms with Crippen LogP contribution >= 0.6 is 0 Å². The fraction of sp³-hybridized carbons (Fsp3) is 0.312. The van der Waals surface area contributed by atoms with Gasteiger partial charge in [0.1, 0.15) is 12.1 Å². The van der Waals surface area contributed by atoms with Gasteiger partial charge in [-0.2, -0.15) is 0 Å². The molecule has 1 aromatic carbocycles. The average molecular weight is 348 g/mol. The molecule has 25 heavy (non-hydrogen) atoms. The van der Waals surface area contributed by atoms with E-state index in [9.17, 15) is 14.4 Å². The van der Waals surface area contributed by atoms with Gasteiger partial charge in [-0.1, -0.05) is 18.2 Å². The molecule has 0 aliphatic rings. The van der Waals surface area contributed by atoms with Crippen LogP contribution in [0.2, 0.25) is 0 Å². The molecule has 0 aliphatic carbocycles. The first-order chi connectivity index (χ1) is 12.0. The third-order valence-corrected chi connectivity index (χ3v) is 3.73. The highest BCUT2D eigenvalue weighted by atomic mass is 16.4. The molecule has 0 saturated heterocycles. The lowest BCUT2D eigenvalue weighted by atomic mass is 10.0. The van der Waals surface area contributed by atoms with E-state index < -0.39 is 36.5 Å². The molecule has 2 amide bonds. The summed E-state index contributed by atoms with van der Waals surface area (Å²) in [6, 6.07) is 4.98. The number of para-hydroxylation sites is 1. The van der Waals surface area contributed by atoms with Gasteiger partial charge in [-0.05, 0) is 11.6 Å². The number of fused-ring (bicyclic) bond motifs is 1. The molecule has 0 spiro atoms. The maximum atomic E-state index is 12.4. The molecule has 134 valence electrons. The van der Waals surface area contributed by atoms with Crippen LogP contribution in [0.4, 0.5) is 0 Å². The zero-order valence-corrected chi connectivity index (χ0v) is 13.4. The largest absolute Gasteiger partial charge is 0.480 e. The molecule has 1 heterocycles. The quantitative estimate of drug-likeness (QED) is 0.348. The van der Waals surface area contributed by atoms with Crippen LogP contribution in [0, 0.1) is 0 Å². The van der Waals surface area contributed by atoms with Crippen molar-refractivity contribution in [2.45, 2.75) is 18.5 Å². The normalized spacial score (nSPS) is 13.2. The fourth-order valence-electron chi connectivity index (χ4n) is 2.44. The minimum absolute atomic E-state index is 0.138. The van der Waals surface area contributed by atoms with E-state index in [4.69, 9.17) is 15.9 Å². The Balaban J connectivity index is 2.21. The Bertz CT molecular complexity index is 773. The minimum atomic E-state index is -1.45. The lowest BCUT2D eigenvalue weighted by Gasteiger charge is -2.20. The molecule has 1 aromatic heterocycles. The lowest BCUT2D eigenvalue weighted by molar-refractivity contribution is -0.143. The third kappa shape index (κ3) is 4.55. The smallest absolute Gasteiger partial charge is 0.328 e. The van der Waals surface area contributed by atoms with Gasteiger partial charge in [0.25, 0.3) is 0 Å². The number of hydrogen-bond acceptors (Lipinski definition) is 5. The number of hydrogen-bond donors (Lipinski definition) is 6. The Morgan fingerprint density at radius 3 is 2.52 bits per heavy atom. The number of carbonyl (C=O) groups excluding carboxylic acids is 2. The summed E-state index contributed by atoms with van der Waals surface area (Å²) in [5.74, 6) is -2.63. The van der Waals surface area contributed by atoms with E-state index in [1.165, 1.54) is 0 Å². The van der Waals surface area contributed by atoms with E-state index in [1.54, 1.807) is 6.20 Å². The summed E-state index contributed by atoms with van der Waals surface area (Å²) >= 11 is 0. The number of aliphatic carboxylic acids is 1. The summed E-state index contributed by atoms with van der Waals surface area (Å²) in [6.07, 6.45) is 1.86. The highest BCUT2D eigenvalue weighted by molar-refractivity contribution is 5.92. The average Bonchev–Trinajstić information content (AvgIpc) is 3.01. The number of nitrogens with two attached hydrogens (primary N) is 1. The van der Waals surface area contributed by atoms with Crippen LogP contribution in [0.3, 0.4) is 0 Å². The second-order valence-electron chi connectivity index (χ2n) is 5.47. The van der Waals surface area contributed by atoms with Crippen molar-refractivity contribution < 1.29 is 24.6 Å². The van der Waals surface area contributed by atoms with Gasteiger partial charge < -0.3 is 31.6 Å². The van der Waals surface area contributed by atoms with Crippen LogP contribution in [-0.2, 0) is 20.8 Å². The molecule has 9 heteroatoms. The Labute approximate surface area is 143 Å². The first-order valence-corrected chi connectivity index (χ1v) is 7.64. The second-order valence-corrected chi connectivity index (χ2v) is 5.47. The van der Waals surface area contributed by atoms with E-state index in [0.717, 1.165) is 16.5 Å². The summed E-state index contributed by atoms with van der Waals surface area (Å²) in [5, 5.41) is 23.6. The molecule has 0 bridgehead atoms. The Kier molecular flexibility index (Phi) is 6.09. The number of aromatic nitrogens is 1. The predicted octanol–water partition coefficient (Wildman–Crippen LogP) is -1.28. The number of carbonyl (C=O) groups is 3. The molecule has 2 aromatic rings. The summed E-state index contributed by atoms with van der Waals surface area (Å²) in [6.45, 7) is -1.06. The molecule has 0 aliphatic heterocycles. The van der Waals surface area contributed by atoms with Gasteiger partial charge >= 0.3 is 5.97 Å². The van der Waals surface area contributed by atoms with Gasteiger partial charge in [0.05, 0.1) is 13.2 Å². The molecule has 7 N–H and O–H groups in total. The van der Waals surface area contributed by atoms with Gasteiger partial charge in [-0.3, -0.25) is 9.59 Å². The van der Waals surface area contributed by atoms with Crippen molar-refractivity contribution >= 4 is 28.7 Å². The minimum Gasteiger partial charge on any atom is -0.480 e. The summed E-state index contributed by atoms with van der Waals surface area (Å²) in [5.41, 5.74) is 6.93. The molecule has 0 unspecified atom stereocenters. The Morgan fingerprint density at radius 2 is 1.88 bits per heavy atom. The maximum absolute atomic E-state index is 12.4. The number of benzene rings is 1. The van der Waals surface area contributed by atoms with Crippen molar-refractivity contribution in [2.24, 2.45) is 5.73 Å². The number of aliphatic hydroxyl groups excluding tert-OH is 1. The van der Waals surface area contributed by atoms with Crippen LogP contribution in [0.15, 0.2) is 30.5 Å². The summed E-state index contributed by atoms with van der Waals surface area (Å²) in [7, 11) is 0. The SMILES string of the molecule is NCC(=O)N[C@@H](Cc1c[nH]c2ccccc12)C(=O)N[C@@H](CO)C(=O)O. The van der Waals surface area contributed by atoms with Crippen molar-refractivity contribution in [3.63, 3.8) is 0 Å². The molecule has 2 rings (SSSR count). The second kappa shape index (κ2) is 8.27. The topological polar surface area (TPSA) is 158 Å². The number of H-pyrrole nitrogens is 1. The van der Waals surface area contributed by atoms with Crippen LogP contribution < -0.4 is 16.4 Å². The van der Waals surface area contributed by atoms with Crippen LogP contribution in [-0.4, -0.2) is 58.2 Å². The number of aliphatic hydroxyl groups is 1. The monoisotopic (exact) mass is 348 g/mol. The van der Waals surface area contributed by atoms with Gasteiger partial charge in [0.2, 0.25) is 11.8 Å². The molecule has 0 fully saturated rings. The predicted molar refractivity (Wildman–Crippen MR) is 89.6 cm³/mol. The van der Waals surface area contributed by atoms with E-state index in [2.05, 4.69) is 15.6 Å². The van der Waals surface area contributed by atoms with E-state index >= 15 is 0 Å². The van der Waals surface area contributed by atoms with Crippen molar-refractivity contribution in [1.29, 1.82) is 0 Å². The zero-order chi connectivity index (χ0) is 18.4. The number of carboxylic acids is 1. The standard InChI is InChI=1S/C16H20N4O5/c17-6-14(22)19-12(15(23)20-13(8-21)16(24)25)5-9-7-18-11-4-2-1-3-10(9)11/h1-4,7,12-13,18,21H,5-6,8,17H2,(H,19,22)(H,20,23)(H,24,25)/t12-,13-/m0/s1. The summed E-state index contributed by atoms with van der Waals surface area (Å²) < 4.78 is 0. The van der Waals surface area contributed by atoms with Gasteiger partial charge in [-0.25, -0.2) is 4.79 Å². The molecular formula is C16H20N4O5. The lowest BCUT2D eigenvalue weighted by Crippen LogP contribution is -2.54. The van der Waals surface area contributed by atoms with Crippen molar-refractivity contribution in [2.75, 3.05) is 13.2 Å². The Hall–Kier alpha value is -2.91. The van der Waals surface area contributed by atoms with E-state index in [0.29, 0.717) is 0 Å². The molecule has 0 saturated carbocycles. The maximum Gasteiger partial charge on any atom is 0.328 e. The number of nitrogens with one attached hydrogen (secondary N) is 3. The molecule has 0 radical (unpaired) electrons. The van der Waals surface area contributed by atoms with Gasteiger partial charge in [-0.15, -0.1) is 0 Å². The van der Waals surface area contributed by atoms with Crippen molar-refractivity contribution in [1.82, 2.24) is 15.6 Å². The summed E-state index contributed by atoms with van der Waals surface area (Å²) in [4.78, 5) is 38.0. The fourth-order valence-corrected chi connectivity index (χ4v) is 2.44. The van der Waals surface area contributed by atoms with Crippen LogP contribution in [0.1, 0.15) is 5.56 Å². The highest BCUT2D eigenvalue weighted by Crippen LogP contribution is 2.19. The molecule has 9 nitrogen and oxygen atoms in total. The highest BCUT2D eigenvalue weighted by Gasteiger charge is 2.26. The third-order valence-electron chi connectivity index (χ3n) is 3.73. The Morgan fingerprint density at radius 1 is 1.16 bits per heavy atom. The van der Waals surface area contributed by atoms with E-state index in [1.807, 2.05) is 24.3 Å². The van der Waals surface area contributed by atoms with Crippen LogP contribution in [0.25, 0.3) is 10.9 Å². The van der Waals surface area contributed by atoms with Crippen molar-refractivity contribution in [3.8, 4) is 0 Å². The van der Waals surface area contributed by atoms with E-state index in [-0.39, 0.29) is 13.0 Å². The molecular weight excluding hydrogens is 328 g/mol. The number of aromatic amines is 1. The van der Waals surface area contributed by atoms with Crippen molar-refractivity contribution in [3.05, 3.63) is 36.0 Å². The molecule has 2 atom stereocenters. The van der Waals surface area contributed by atoms with Gasteiger partial charge in [0, 0.05) is 23.5 Å². The number of carboxylic acid groups (broad SMARTS) is 1. The first kappa shape index (κ1) is 18.4. The zero-order valence-electron chi connectivity index (χ0n) is 13.4. The number of rotatable bonds is 8. The number of amides is 2. The van der Waals surface area contributed by atoms with Gasteiger partial charge in [0.15, 0.2) is 0 Å². The first-order valence-electron chi connectivity index (χ1n) is 7.64.